The molecule has 1 aliphatic heterocycles. The van der Waals surface area contributed by atoms with Gasteiger partial charge in [-0.3, -0.25) is 14.8 Å². The molecular weight excluding hydrogens is 395 g/mol. The van der Waals surface area contributed by atoms with Crippen molar-refractivity contribution in [3.63, 3.8) is 0 Å². The smallest absolute Gasteiger partial charge is 0.388 e. The van der Waals surface area contributed by atoms with Crippen LogP contribution in [0.2, 0.25) is 0 Å². The Morgan fingerprint density at radius 1 is 1.21 bits per heavy atom. The van der Waals surface area contributed by atoms with Crippen molar-refractivity contribution in [3.05, 3.63) is 48.2 Å². The highest BCUT2D eigenvalue weighted by Gasteiger charge is 2.39. The van der Waals surface area contributed by atoms with Crippen LogP contribution in [0.3, 0.4) is 0 Å². The van der Waals surface area contributed by atoms with E-state index in [1.807, 2.05) is 0 Å². The van der Waals surface area contributed by atoms with Gasteiger partial charge in [0, 0.05) is 18.9 Å². The number of halogens is 3. The van der Waals surface area contributed by atoms with Crippen molar-refractivity contribution in [3.8, 4) is 0 Å². The van der Waals surface area contributed by atoms with Gasteiger partial charge in [-0.15, -0.1) is 0 Å². The van der Waals surface area contributed by atoms with E-state index in [-0.39, 0.29) is 19.0 Å². The lowest BCUT2D eigenvalue weighted by molar-refractivity contribution is -0.141. The second kappa shape index (κ2) is 8.68. The first kappa shape index (κ1) is 20.9. The number of nitrogens with zero attached hydrogens (tertiary/aromatic N) is 3. The number of carbonyl (C=O) groups excluding carboxylic acids is 1. The van der Waals surface area contributed by atoms with Crippen LogP contribution in [0.4, 0.5) is 19.0 Å². The summed E-state index contributed by atoms with van der Waals surface area (Å²) in [4.78, 5) is 22.7. The summed E-state index contributed by atoms with van der Waals surface area (Å²) in [6.07, 6.45) is -3.81. The zero-order valence-electron chi connectivity index (χ0n) is 14.9. The summed E-state index contributed by atoms with van der Waals surface area (Å²) in [7, 11) is 0. The largest absolute Gasteiger partial charge is 0.434 e. The highest BCUT2D eigenvalue weighted by atomic mass is 19.4. The molecule has 29 heavy (non-hydrogen) atoms. The molecular formula is C17H18F3N5O4. The van der Waals surface area contributed by atoms with E-state index in [0.717, 1.165) is 6.20 Å². The van der Waals surface area contributed by atoms with Gasteiger partial charge in [0.2, 0.25) is 0 Å². The number of pyridine rings is 1. The van der Waals surface area contributed by atoms with Gasteiger partial charge in [-0.1, -0.05) is 0 Å². The van der Waals surface area contributed by atoms with Gasteiger partial charge in [0.15, 0.2) is 5.69 Å². The van der Waals surface area contributed by atoms with Crippen molar-refractivity contribution in [2.24, 2.45) is 0 Å². The number of nitrogens with one attached hydrogen (secondary N) is 2. The molecule has 0 aromatic carbocycles. The lowest BCUT2D eigenvalue weighted by Gasteiger charge is -2.38. The van der Waals surface area contributed by atoms with E-state index in [1.54, 1.807) is 12.1 Å². The molecule has 3 rings (SSSR count). The lowest BCUT2D eigenvalue weighted by atomic mass is 9.98. The summed E-state index contributed by atoms with van der Waals surface area (Å²) < 4.78 is 43.6. The van der Waals surface area contributed by atoms with E-state index in [1.165, 1.54) is 12.4 Å². The second-order valence-corrected chi connectivity index (χ2v) is 6.34. The van der Waals surface area contributed by atoms with Gasteiger partial charge in [-0.2, -0.15) is 13.2 Å². The lowest BCUT2D eigenvalue weighted by Crippen LogP contribution is -2.58. The summed E-state index contributed by atoms with van der Waals surface area (Å²) in [6, 6.07) is 2.23. The third kappa shape index (κ3) is 5.16. The Labute approximate surface area is 163 Å². The summed E-state index contributed by atoms with van der Waals surface area (Å²) in [5, 5.41) is 25.7. The molecule has 0 unspecified atom stereocenters. The van der Waals surface area contributed by atoms with Crippen LogP contribution in [0.1, 0.15) is 16.1 Å². The maximum Gasteiger partial charge on any atom is 0.434 e. The van der Waals surface area contributed by atoms with Crippen molar-refractivity contribution in [2.45, 2.75) is 30.5 Å². The SMILES string of the molecule is O=C(NC[C@H]1OC[C@H](Nc2cncc(C(F)(F)F)n2)[C@@H](O)[C@H]1O)c1cccnc1. The zero-order chi connectivity index (χ0) is 21.0. The molecule has 12 heteroatoms. The van der Waals surface area contributed by atoms with Gasteiger partial charge in [0.1, 0.15) is 24.1 Å². The minimum Gasteiger partial charge on any atom is -0.388 e. The number of aliphatic hydroxyl groups is 2. The Balaban J connectivity index is 1.57. The molecule has 0 saturated carbocycles. The first-order chi connectivity index (χ1) is 13.8. The molecule has 9 nitrogen and oxygen atoms in total. The van der Waals surface area contributed by atoms with E-state index < -0.39 is 42.1 Å². The standard InChI is InChI=1S/C17H18F3N5O4/c18-17(19,20)12-6-22-7-13(25-12)24-10-8-29-11(15(27)14(10)26)5-23-16(28)9-2-1-3-21-4-9/h1-4,6-7,10-11,14-15,26-27H,5,8H2,(H,23,28)(H,24,25)/t10-,11+,14+,15-/m0/s1. The summed E-state index contributed by atoms with van der Waals surface area (Å²) in [6.45, 7) is -0.217. The van der Waals surface area contributed by atoms with Gasteiger partial charge in [0.25, 0.3) is 5.91 Å². The van der Waals surface area contributed by atoms with Gasteiger partial charge in [-0.25, -0.2) is 4.98 Å². The van der Waals surface area contributed by atoms with Crippen molar-refractivity contribution in [1.82, 2.24) is 20.3 Å². The first-order valence-corrected chi connectivity index (χ1v) is 8.57. The van der Waals surface area contributed by atoms with Crippen molar-refractivity contribution in [2.75, 3.05) is 18.5 Å². The van der Waals surface area contributed by atoms with Crippen molar-refractivity contribution in [1.29, 1.82) is 0 Å². The molecule has 0 radical (unpaired) electrons. The van der Waals surface area contributed by atoms with E-state index in [0.29, 0.717) is 11.8 Å². The molecule has 0 aliphatic carbocycles. The summed E-state index contributed by atoms with van der Waals surface area (Å²) >= 11 is 0. The third-order valence-corrected chi connectivity index (χ3v) is 4.28. The van der Waals surface area contributed by atoms with Crippen molar-refractivity contribution >= 4 is 11.7 Å². The molecule has 1 amide bonds. The fourth-order valence-corrected chi connectivity index (χ4v) is 2.74. The number of hydrogen-bond donors (Lipinski definition) is 4. The maximum atomic E-state index is 12.7. The van der Waals surface area contributed by atoms with E-state index in [2.05, 4.69) is 25.6 Å². The minimum atomic E-state index is -4.66. The molecule has 156 valence electrons. The van der Waals surface area contributed by atoms with Crippen LogP contribution in [0.5, 0.6) is 0 Å². The number of carbonyl (C=O) groups is 1. The van der Waals surface area contributed by atoms with Crippen LogP contribution in [0.25, 0.3) is 0 Å². The number of aromatic nitrogens is 3. The quantitative estimate of drug-likeness (QED) is 0.548. The van der Waals surface area contributed by atoms with Gasteiger partial charge in [-0.05, 0) is 12.1 Å². The highest BCUT2D eigenvalue weighted by Crippen LogP contribution is 2.28. The van der Waals surface area contributed by atoms with Gasteiger partial charge < -0.3 is 25.6 Å². The number of anilines is 1. The Morgan fingerprint density at radius 3 is 2.69 bits per heavy atom. The molecule has 4 atom stereocenters. The highest BCUT2D eigenvalue weighted by molar-refractivity contribution is 5.93. The predicted molar refractivity (Wildman–Crippen MR) is 92.8 cm³/mol. The predicted octanol–water partition coefficient (Wildman–Crippen LogP) is 0.221. The normalized spacial score (nSPS) is 24.7. The van der Waals surface area contributed by atoms with Gasteiger partial charge >= 0.3 is 6.18 Å². The molecule has 2 aromatic heterocycles. The van der Waals surface area contributed by atoms with E-state index in [4.69, 9.17) is 4.74 Å². The Hall–Kier alpha value is -2.83. The number of alkyl halides is 3. The number of rotatable bonds is 5. The molecule has 0 bridgehead atoms. The number of amides is 1. The molecule has 2 aromatic rings. The topological polar surface area (TPSA) is 129 Å². The van der Waals surface area contributed by atoms with Crippen LogP contribution < -0.4 is 10.6 Å². The van der Waals surface area contributed by atoms with E-state index in [9.17, 15) is 28.2 Å². The maximum absolute atomic E-state index is 12.7. The van der Waals surface area contributed by atoms with Crippen LogP contribution >= 0.6 is 0 Å². The summed E-state index contributed by atoms with van der Waals surface area (Å²) in [5.41, 5.74) is -0.869. The second-order valence-electron chi connectivity index (χ2n) is 6.34. The molecule has 1 aliphatic rings. The molecule has 4 N–H and O–H groups in total. The van der Waals surface area contributed by atoms with Crippen molar-refractivity contribution < 1.29 is 32.9 Å². The van der Waals surface area contributed by atoms with E-state index >= 15 is 0 Å². The fraction of sp³-hybridized carbons (Fsp3) is 0.412. The van der Waals surface area contributed by atoms with Gasteiger partial charge in [0.05, 0.1) is 30.6 Å². The first-order valence-electron chi connectivity index (χ1n) is 8.57. The van der Waals surface area contributed by atoms with Crippen LogP contribution in [-0.2, 0) is 10.9 Å². The molecule has 0 spiro atoms. The average Bonchev–Trinajstić information content (AvgIpc) is 2.71. The number of aliphatic hydroxyl groups excluding tert-OH is 2. The molecule has 3 heterocycles. The average molecular weight is 413 g/mol. The van der Waals surface area contributed by atoms with Crippen LogP contribution in [0.15, 0.2) is 36.9 Å². The molecule has 1 fully saturated rings. The Kier molecular flexibility index (Phi) is 6.25. The minimum absolute atomic E-state index is 0.0813. The van der Waals surface area contributed by atoms with Crippen LogP contribution in [-0.4, -0.2) is 68.6 Å². The number of hydrogen-bond acceptors (Lipinski definition) is 8. The third-order valence-electron chi connectivity index (χ3n) is 4.28. The molecule has 1 saturated heterocycles. The Morgan fingerprint density at radius 2 is 2.00 bits per heavy atom. The van der Waals surface area contributed by atoms with Crippen LogP contribution in [0, 0.1) is 0 Å². The number of ether oxygens (including phenoxy) is 1. The zero-order valence-corrected chi connectivity index (χ0v) is 14.9. The Bertz CT molecular complexity index is 839. The summed E-state index contributed by atoms with van der Waals surface area (Å²) in [5.74, 6) is -0.647. The monoisotopic (exact) mass is 413 g/mol. The fourth-order valence-electron chi connectivity index (χ4n) is 2.74.